The van der Waals surface area contributed by atoms with Crippen molar-refractivity contribution in [1.82, 2.24) is 5.32 Å². The van der Waals surface area contributed by atoms with E-state index in [2.05, 4.69) is 10.6 Å². The Morgan fingerprint density at radius 2 is 1.78 bits per heavy atom. The zero-order chi connectivity index (χ0) is 16.5. The smallest absolute Gasteiger partial charge is 0.238 e. The summed E-state index contributed by atoms with van der Waals surface area (Å²) in [4.78, 5) is 12.0. The predicted octanol–water partition coefficient (Wildman–Crippen LogP) is 3.31. The van der Waals surface area contributed by atoms with E-state index in [0.29, 0.717) is 35.4 Å². The van der Waals surface area contributed by atoms with Crippen LogP contribution in [0.3, 0.4) is 0 Å². The second-order valence-electron chi connectivity index (χ2n) is 4.75. The van der Waals surface area contributed by atoms with Gasteiger partial charge in [-0.05, 0) is 24.3 Å². The highest BCUT2D eigenvalue weighted by Gasteiger charge is 2.09. The van der Waals surface area contributed by atoms with Crippen LogP contribution in [0, 0.1) is 0 Å². The summed E-state index contributed by atoms with van der Waals surface area (Å²) in [6.07, 6.45) is 0. The Kier molecular flexibility index (Phi) is 6.87. The van der Waals surface area contributed by atoms with Crippen molar-refractivity contribution in [3.63, 3.8) is 0 Å². The van der Waals surface area contributed by atoms with Crippen molar-refractivity contribution in [3.05, 3.63) is 53.6 Å². The van der Waals surface area contributed by atoms with E-state index in [0.717, 1.165) is 0 Å². The molecule has 0 atom stereocenters. The molecule has 0 heterocycles. The van der Waals surface area contributed by atoms with E-state index in [-0.39, 0.29) is 12.5 Å². The molecule has 0 spiro atoms. The fourth-order valence-corrected chi connectivity index (χ4v) is 2.05. The second-order valence-corrected chi connectivity index (χ2v) is 5.15. The van der Waals surface area contributed by atoms with Gasteiger partial charge in [0.2, 0.25) is 5.91 Å². The molecule has 5 nitrogen and oxygen atoms in total. The molecule has 1 amide bonds. The first-order chi connectivity index (χ1) is 11.2. The van der Waals surface area contributed by atoms with E-state index in [1.54, 1.807) is 31.4 Å². The second kappa shape index (κ2) is 9.15. The maximum atomic E-state index is 12.0. The minimum Gasteiger partial charge on any atom is -0.454 e. The Morgan fingerprint density at radius 1 is 1.09 bits per heavy atom. The first-order valence-corrected chi connectivity index (χ1v) is 7.59. The van der Waals surface area contributed by atoms with Crippen LogP contribution >= 0.6 is 11.6 Å². The fourth-order valence-electron chi connectivity index (χ4n) is 1.88. The number of benzene rings is 2. The number of amides is 1. The van der Waals surface area contributed by atoms with Crippen molar-refractivity contribution >= 4 is 23.2 Å². The Labute approximate surface area is 140 Å². The monoisotopic (exact) mass is 334 g/mol. The molecule has 6 heteroatoms. The Balaban J connectivity index is 2.00. The summed E-state index contributed by atoms with van der Waals surface area (Å²) in [6, 6.07) is 14.4. The SMILES string of the molecule is COCCNCC(=O)Nc1ccccc1Oc1ccccc1Cl. The molecule has 0 radical (unpaired) electrons. The van der Waals surface area contributed by atoms with Crippen LogP contribution in [0.4, 0.5) is 5.69 Å². The molecule has 0 aromatic heterocycles. The van der Waals surface area contributed by atoms with Crippen molar-refractivity contribution in [2.24, 2.45) is 0 Å². The van der Waals surface area contributed by atoms with Gasteiger partial charge >= 0.3 is 0 Å². The molecule has 2 aromatic carbocycles. The van der Waals surface area contributed by atoms with Gasteiger partial charge in [0.15, 0.2) is 5.75 Å². The van der Waals surface area contributed by atoms with Crippen molar-refractivity contribution in [2.45, 2.75) is 0 Å². The zero-order valence-corrected chi connectivity index (χ0v) is 13.6. The van der Waals surface area contributed by atoms with Gasteiger partial charge in [0.05, 0.1) is 23.9 Å². The highest BCUT2D eigenvalue weighted by molar-refractivity contribution is 6.32. The molecule has 0 aliphatic heterocycles. The van der Waals surface area contributed by atoms with Crippen LogP contribution in [-0.2, 0) is 9.53 Å². The Hall–Kier alpha value is -2.08. The van der Waals surface area contributed by atoms with Gasteiger partial charge in [0.1, 0.15) is 5.75 Å². The van der Waals surface area contributed by atoms with Gasteiger partial charge < -0.3 is 20.1 Å². The summed E-state index contributed by atoms with van der Waals surface area (Å²) in [5.74, 6) is 0.913. The van der Waals surface area contributed by atoms with Crippen molar-refractivity contribution < 1.29 is 14.3 Å². The van der Waals surface area contributed by atoms with Gasteiger partial charge in [-0.15, -0.1) is 0 Å². The molecule has 0 unspecified atom stereocenters. The highest BCUT2D eigenvalue weighted by Crippen LogP contribution is 2.33. The standard InChI is InChI=1S/C17H19ClN2O3/c1-22-11-10-19-12-17(21)20-14-7-3-5-9-16(14)23-15-8-4-2-6-13(15)18/h2-9,19H,10-12H2,1H3,(H,20,21). The number of anilines is 1. The number of carbonyl (C=O) groups is 1. The van der Waals surface area contributed by atoms with Crippen molar-refractivity contribution in [3.8, 4) is 11.5 Å². The maximum Gasteiger partial charge on any atom is 0.238 e. The van der Waals surface area contributed by atoms with E-state index in [9.17, 15) is 4.79 Å². The molecule has 0 saturated carbocycles. The number of methoxy groups -OCH3 is 1. The van der Waals surface area contributed by atoms with Crippen LogP contribution in [-0.4, -0.2) is 32.7 Å². The summed E-state index contributed by atoms with van der Waals surface area (Å²) < 4.78 is 10.7. The van der Waals surface area contributed by atoms with Gasteiger partial charge in [-0.2, -0.15) is 0 Å². The molecule has 0 bridgehead atoms. The number of halogens is 1. The molecule has 2 N–H and O–H groups in total. The van der Waals surface area contributed by atoms with E-state index < -0.39 is 0 Å². The van der Waals surface area contributed by atoms with Crippen molar-refractivity contribution in [2.75, 3.05) is 32.1 Å². The molecular weight excluding hydrogens is 316 g/mol. The molecule has 122 valence electrons. The van der Waals surface area contributed by atoms with Gasteiger partial charge in [-0.25, -0.2) is 0 Å². The molecule has 2 aromatic rings. The maximum absolute atomic E-state index is 12.0. The number of carbonyl (C=O) groups excluding carboxylic acids is 1. The van der Waals surface area contributed by atoms with E-state index in [1.165, 1.54) is 0 Å². The summed E-state index contributed by atoms with van der Waals surface area (Å²) >= 11 is 6.10. The Bertz CT molecular complexity index is 649. The van der Waals surface area contributed by atoms with Crippen molar-refractivity contribution in [1.29, 1.82) is 0 Å². The molecule has 0 aliphatic rings. The van der Waals surface area contributed by atoms with E-state index >= 15 is 0 Å². The third-order valence-electron chi connectivity index (χ3n) is 2.99. The van der Waals surface area contributed by atoms with Crippen LogP contribution in [0.25, 0.3) is 0 Å². The number of para-hydroxylation sites is 3. The topological polar surface area (TPSA) is 59.6 Å². The minimum absolute atomic E-state index is 0.156. The van der Waals surface area contributed by atoms with Gasteiger partial charge in [-0.1, -0.05) is 35.9 Å². The summed E-state index contributed by atoms with van der Waals surface area (Å²) in [5, 5.41) is 6.31. The predicted molar refractivity (Wildman–Crippen MR) is 91.3 cm³/mol. The minimum atomic E-state index is -0.156. The average molecular weight is 335 g/mol. The lowest BCUT2D eigenvalue weighted by Gasteiger charge is -2.13. The molecule has 0 fully saturated rings. The normalized spacial score (nSPS) is 10.3. The number of nitrogens with one attached hydrogen (secondary N) is 2. The molecule has 0 aliphatic carbocycles. The average Bonchev–Trinajstić information content (AvgIpc) is 2.55. The van der Waals surface area contributed by atoms with Crippen LogP contribution < -0.4 is 15.4 Å². The number of hydrogen-bond donors (Lipinski definition) is 2. The lowest BCUT2D eigenvalue weighted by atomic mass is 10.3. The molecular formula is C17H19ClN2O3. The lowest BCUT2D eigenvalue weighted by molar-refractivity contribution is -0.115. The van der Waals surface area contributed by atoms with Crippen LogP contribution in [0.5, 0.6) is 11.5 Å². The van der Waals surface area contributed by atoms with Crippen LogP contribution in [0.2, 0.25) is 5.02 Å². The number of rotatable bonds is 8. The van der Waals surface area contributed by atoms with Gasteiger partial charge in [-0.3, -0.25) is 4.79 Å². The lowest BCUT2D eigenvalue weighted by Crippen LogP contribution is -2.30. The third kappa shape index (κ3) is 5.56. The molecule has 2 rings (SSSR count). The molecule has 23 heavy (non-hydrogen) atoms. The van der Waals surface area contributed by atoms with Crippen LogP contribution in [0.1, 0.15) is 0 Å². The first-order valence-electron chi connectivity index (χ1n) is 7.21. The van der Waals surface area contributed by atoms with E-state index in [4.69, 9.17) is 21.1 Å². The zero-order valence-electron chi connectivity index (χ0n) is 12.8. The quantitative estimate of drug-likeness (QED) is 0.727. The number of ether oxygens (including phenoxy) is 2. The summed E-state index contributed by atoms with van der Waals surface area (Å²) in [7, 11) is 1.62. The third-order valence-corrected chi connectivity index (χ3v) is 3.30. The number of hydrogen-bond acceptors (Lipinski definition) is 4. The van der Waals surface area contributed by atoms with Gasteiger partial charge in [0, 0.05) is 13.7 Å². The largest absolute Gasteiger partial charge is 0.454 e. The Morgan fingerprint density at radius 3 is 2.52 bits per heavy atom. The highest BCUT2D eigenvalue weighted by atomic mass is 35.5. The first kappa shape index (κ1) is 17.3. The summed E-state index contributed by atoms with van der Waals surface area (Å²) in [5.41, 5.74) is 0.589. The van der Waals surface area contributed by atoms with Gasteiger partial charge in [0.25, 0.3) is 0 Å². The van der Waals surface area contributed by atoms with E-state index in [1.807, 2.05) is 24.3 Å². The summed E-state index contributed by atoms with van der Waals surface area (Å²) in [6.45, 7) is 1.37. The fraction of sp³-hybridized carbons (Fsp3) is 0.235. The molecule has 0 saturated heterocycles. The van der Waals surface area contributed by atoms with Crippen LogP contribution in [0.15, 0.2) is 48.5 Å².